The molecular weight excluding hydrogens is 197 g/mol. The summed E-state index contributed by atoms with van der Waals surface area (Å²) in [7, 11) is 0. The van der Waals surface area contributed by atoms with Crippen molar-refractivity contribution < 1.29 is 13.3 Å². The van der Waals surface area contributed by atoms with Crippen LogP contribution in [0.5, 0.6) is 0 Å². The minimum atomic E-state index is -0.313. The molecule has 0 spiro atoms. The topological polar surface area (TPSA) is 39.2 Å². The van der Waals surface area contributed by atoms with Crippen LogP contribution in [0.4, 0.5) is 4.39 Å². The Kier molecular flexibility index (Phi) is 1.62. The predicted octanol–water partition coefficient (Wildman–Crippen LogP) is 3.23. The van der Waals surface area contributed by atoms with Gasteiger partial charge in [0.25, 0.3) is 0 Å². The van der Waals surface area contributed by atoms with E-state index >= 15 is 0 Å². The summed E-state index contributed by atoms with van der Waals surface area (Å²) in [6.07, 6.45) is 4.41. The van der Waals surface area contributed by atoms with E-state index in [1.54, 1.807) is 12.1 Å². The smallest absolute Gasteiger partial charge is 0.134 e. The summed E-state index contributed by atoms with van der Waals surface area (Å²) in [4.78, 5) is 0. The van der Waals surface area contributed by atoms with E-state index in [0.29, 0.717) is 16.7 Å². The Bertz CT molecular complexity index is 598. The van der Waals surface area contributed by atoms with Gasteiger partial charge in [0, 0.05) is 16.5 Å². The third-order valence-electron chi connectivity index (χ3n) is 2.31. The van der Waals surface area contributed by atoms with Gasteiger partial charge >= 0.3 is 0 Å². The molecule has 0 amide bonds. The van der Waals surface area contributed by atoms with Gasteiger partial charge in [0.15, 0.2) is 0 Å². The lowest BCUT2D eigenvalue weighted by molar-refractivity contribution is 0.420. The lowest BCUT2D eigenvalue weighted by Crippen LogP contribution is -1.82. The van der Waals surface area contributed by atoms with Crippen molar-refractivity contribution in [2.24, 2.45) is 0 Å². The third kappa shape index (κ3) is 1.15. The first-order chi connectivity index (χ1) is 7.36. The minimum absolute atomic E-state index is 0.313. The molecule has 2 heterocycles. The number of nitrogens with zero attached hydrogens (tertiary/aromatic N) is 1. The van der Waals surface area contributed by atoms with E-state index in [1.165, 1.54) is 24.8 Å². The van der Waals surface area contributed by atoms with E-state index in [-0.39, 0.29) is 5.82 Å². The molecule has 0 unspecified atom stereocenters. The summed E-state index contributed by atoms with van der Waals surface area (Å²) in [6, 6.07) is 4.69. The van der Waals surface area contributed by atoms with Crippen LogP contribution in [0.2, 0.25) is 0 Å². The van der Waals surface area contributed by atoms with E-state index in [0.717, 1.165) is 5.39 Å². The Balaban J connectivity index is 2.41. The van der Waals surface area contributed by atoms with Gasteiger partial charge in [-0.1, -0.05) is 5.16 Å². The van der Waals surface area contributed by atoms with Crippen molar-refractivity contribution in [1.82, 2.24) is 5.16 Å². The van der Waals surface area contributed by atoms with E-state index in [1.807, 2.05) is 0 Å². The lowest BCUT2D eigenvalue weighted by atomic mass is 10.0. The van der Waals surface area contributed by atoms with Gasteiger partial charge < -0.3 is 8.94 Å². The quantitative estimate of drug-likeness (QED) is 0.609. The fraction of sp³-hybridized carbons (Fsp3) is 0. The Labute approximate surface area is 84.1 Å². The lowest BCUT2D eigenvalue weighted by Gasteiger charge is -1.99. The normalized spacial score (nSPS) is 11.0. The fourth-order valence-corrected chi connectivity index (χ4v) is 1.64. The molecular formula is C11H6FNO2. The number of hydrogen-bond acceptors (Lipinski definition) is 3. The Morgan fingerprint density at radius 1 is 1.20 bits per heavy atom. The van der Waals surface area contributed by atoms with Gasteiger partial charge in [0.1, 0.15) is 17.7 Å². The molecule has 0 radical (unpaired) electrons. The number of aromatic nitrogens is 1. The van der Waals surface area contributed by atoms with Crippen LogP contribution < -0.4 is 0 Å². The first kappa shape index (κ1) is 8.23. The second kappa shape index (κ2) is 2.95. The molecule has 0 saturated carbocycles. The van der Waals surface area contributed by atoms with Gasteiger partial charge in [0.2, 0.25) is 0 Å². The van der Waals surface area contributed by atoms with E-state index in [9.17, 15) is 4.39 Å². The molecule has 0 aliphatic carbocycles. The maximum atomic E-state index is 13.6. The molecule has 3 aromatic rings. The zero-order valence-electron chi connectivity index (χ0n) is 7.61. The van der Waals surface area contributed by atoms with Crippen LogP contribution in [-0.4, -0.2) is 5.16 Å². The molecule has 0 aliphatic rings. The average Bonchev–Trinajstić information content (AvgIpc) is 2.85. The number of rotatable bonds is 1. The van der Waals surface area contributed by atoms with E-state index < -0.39 is 0 Å². The molecule has 0 aliphatic heterocycles. The molecule has 0 atom stereocenters. The molecule has 1 aromatic carbocycles. The zero-order chi connectivity index (χ0) is 10.3. The molecule has 74 valence electrons. The second-order valence-corrected chi connectivity index (χ2v) is 3.17. The van der Waals surface area contributed by atoms with Crippen molar-refractivity contribution in [3.63, 3.8) is 0 Å². The van der Waals surface area contributed by atoms with Crippen molar-refractivity contribution in [3.8, 4) is 11.1 Å². The first-order valence-electron chi connectivity index (χ1n) is 4.42. The summed E-state index contributed by atoms with van der Waals surface area (Å²) in [5, 5.41) is 4.28. The molecule has 15 heavy (non-hydrogen) atoms. The molecule has 2 aromatic heterocycles. The number of hydrogen-bond donors (Lipinski definition) is 0. The highest BCUT2D eigenvalue weighted by Crippen LogP contribution is 2.31. The largest absolute Gasteiger partial charge is 0.464 e. The van der Waals surface area contributed by atoms with Crippen LogP contribution in [0.15, 0.2) is 45.9 Å². The third-order valence-corrected chi connectivity index (χ3v) is 2.31. The van der Waals surface area contributed by atoms with Gasteiger partial charge in [-0.2, -0.15) is 0 Å². The van der Waals surface area contributed by atoms with Crippen molar-refractivity contribution in [3.05, 3.63) is 42.7 Å². The number of halogens is 1. The monoisotopic (exact) mass is 203 g/mol. The van der Waals surface area contributed by atoms with Crippen molar-refractivity contribution >= 4 is 11.0 Å². The van der Waals surface area contributed by atoms with E-state index in [2.05, 4.69) is 5.16 Å². The SMILES string of the molecule is Fc1ccc2occc2c1-c1cnoc1. The van der Waals surface area contributed by atoms with Gasteiger partial charge in [-0.15, -0.1) is 0 Å². The van der Waals surface area contributed by atoms with Crippen molar-refractivity contribution in [2.75, 3.05) is 0 Å². The number of fused-ring (bicyclic) bond motifs is 1. The summed E-state index contributed by atoms with van der Waals surface area (Å²) in [5.74, 6) is -0.313. The average molecular weight is 203 g/mol. The minimum Gasteiger partial charge on any atom is -0.464 e. The molecule has 0 bridgehead atoms. The van der Waals surface area contributed by atoms with Gasteiger partial charge in [-0.3, -0.25) is 0 Å². The molecule has 0 N–H and O–H groups in total. The van der Waals surface area contributed by atoms with Gasteiger partial charge in [-0.05, 0) is 18.2 Å². The highest BCUT2D eigenvalue weighted by Gasteiger charge is 2.12. The summed E-state index contributed by atoms with van der Waals surface area (Å²) < 4.78 is 23.5. The van der Waals surface area contributed by atoms with Gasteiger partial charge in [0.05, 0.1) is 12.5 Å². The van der Waals surface area contributed by atoms with Gasteiger partial charge in [-0.25, -0.2) is 4.39 Å². The fourth-order valence-electron chi connectivity index (χ4n) is 1.64. The standard InChI is InChI=1S/C11H6FNO2/c12-9-1-2-10-8(3-4-14-10)11(9)7-5-13-15-6-7/h1-6H. The summed E-state index contributed by atoms with van der Waals surface area (Å²) in [6.45, 7) is 0. The molecule has 4 heteroatoms. The van der Waals surface area contributed by atoms with Crippen molar-refractivity contribution in [2.45, 2.75) is 0 Å². The van der Waals surface area contributed by atoms with Crippen LogP contribution in [0.1, 0.15) is 0 Å². The second-order valence-electron chi connectivity index (χ2n) is 3.17. The number of furan rings is 1. The molecule has 0 saturated heterocycles. The van der Waals surface area contributed by atoms with E-state index in [4.69, 9.17) is 8.94 Å². The summed E-state index contributed by atoms with van der Waals surface area (Å²) >= 11 is 0. The van der Waals surface area contributed by atoms with Crippen LogP contribution in [0.3, 0.4) is 0 Å². The predicted molar refractivity (Wildman–Crippen MR) is 51.7 cm³/mol. The van der Waals surface area contributed by atoms with Crippen molar-refractivity contribution in [1.29, 1.82) is 0 Å². The number of benzene rings is 1. The molecule has 3 rings (SSSR count). The van der Waals surface area contributed by atoms with Crippen LogP contribution >= 0.6 is 0 Å². The highest BCUT2D eigenvalue weighted by molar-refractivity contribution is 5.93. The van der Waals surface area contributed by atoms with Crippen LogP contribution in [0.25, 0.3) is 22.1 Å². The Morgan fingerprint density at radius 3 is 2.93 bits per heavy atom. The maximum Gasteiger partial charge on any atom is 0.134 e. The zero-order valence-corrected chi connectivity index (χ0v) is 7.61. The van der Waals surface area contributed by atoms with Crippen LogP contribution in [0, 0.1) is 5.82 Å². The first-order valence-corrected chi connectivity index (χ1v) is 4.42. The Hall–Kier alpha value is -2.10. The highest BCUT2D eigenvalue weighted by atomic mass is 19.1. The Morgan fingerprint density at radius 2 is 2.13 bits per heavy atom. The molecule has 0 fully saturated rings. The van der Waals surface area contributed by atoms with Crippen LogP contribution in [-0.2, 0) is 0 Å². The summed E-state index contributed by atoms with van der Waals surface area (Å²) in [5.41, 5.74) is 1.72. The maximum absolute atomic E-state index is 13.6. The molecule has 3 nitrogen and oxygen atoms in total.